The molecule has 1 amide bonds. The highest BCUT2D eigenvalue weighted by molar-refractivity contribution is 7.22. The molecule has 2 aliphatic heterocycles. The van der Waals surface area contributed by atoms with Gasteiger partial charge in [0, 0.05) is 16.1 Å². The minimum absolute atomic E-state index is 0.105. The second-order valence-corrected chi connectivity index (χ2v) is 11.2. The van der Waals surface area contributed by atoms with Gasteiger partial charge >= 0.3 is 6.09 Å². The van der Waals surface area contributed by atoms with Crippen molar-refractivity contribution in [3.05, 3.63) is 89.0 Å². The molecule has 1 unspecified atom stereocenters. The van der Waals surface area contributed by atoms with Gasteiger partial charge in [-0.05, 0) is 103 Å². The Morgan fingerprint density at radius 2 is 1.86 bits per heavy atom. The van der Waals surface area contributed by atoms with Crippen LogP contribution in [0.3, 0.4) is 0 Å². The molecule has 3 aromatic carbocycles. The molecule has 4 aromatic rings. The van der Waals surface area contributed by atoms with Gasteiger partial charge in [0.15, 0.2) is 0 Å². The Bertz CT molecular complexity index is 1410. The molecule has 6 rings (SSSR count). The Morgan fingerprint density at radius 1 is 1.05 bits per heavy atom. The molecule has 190 valence electrons. The first kappa shape index (κ1) is 24.0. The van der Waals surface area contributed by atoms with E-state index in [0.29, 0.717) is 13.2 Å². The number of aryl methyl sites for hydroxylation is 1. The molecule has 6 heteroatoms. The van der Waals surface area contributed by atoms with E-state index in [9.17, 15) is 4.79 Å². The average molecular weight is 513 g/mol. The van der Waals surface area contributed by atoms with Crippen molar-refractivity contribution < 1.29 is 14.3 Å². The fraction of sp³-hybridized carbons (Fsp3) is 0.323. The number of hydrogen-bond donors (Lipinski definition) is 1. The largest absolute Gasteiger partial charge is 0.491 e. The number of nitrogens with zero attached hydrogens (tertiary/aromatic N) is 1. The number of alkyl carbamates (subject to hydrolysis) is 1. The highest BCUT2D eigenvalue weighted by Gasteiger charge is 2.22. The normalized spacial score (nSPS) is 17.8. The SMILES string of the molecule is Cc1cc(Cc2c(-c3ccc(OCC4COC(=O)N4)cc3)sc3ccccc23)ccc1CN1CCCC1. The van der Waals surface area contributed by atoms with Crippen LogP contribution in [-0.4, -0.2) is 43.3 Å². The van der Waals surface area contributed by atoms with Crippen LogP contribution in [-0.2, 0) is 17.7 Å². The van der Waals surface area contributed by atoms with E-state index in [0.717, 1.165) is 18.7 Å². The van der Waals surface area contributed by atoms with Crippen molar-refractivity contribution in [2.75, 3.05) is 26.3 Å². The lowest BCUT2D eigenvalue weighted by Gasteiger charge is -2.17. The molecule has 1 N–H and O–H groups in total. The third-order valence-electron chi connectivity index (χ3n) is 7.38. The molecule has 3 heterocycles. The molecular weight excluding hydrogens is 480 g/mol. The predicted molar refractivity (Wildman–Crippen MR) is 150 cm³/mol. The number of hydrogen-bond acceptors (Lipinski definition) is 5. The third-order valence-corrected chi connectivity index (χ3v) is 8.65. The Kier molecular flexibility index (Phi) is 6.85. The maximum atomic E-state index is 11.2. The van der Waals surface area contributed by atoms with Gasteiger partial charge in [-0.2, -0.15) is 0 Å². The zero-order valence-electron chi connectivity index (χ0n) is 21.2. The quantitative estimate of drug-likeness (QED) is 0.291. The van der Waals surface area contributed by atoms with Gasteiger partial charge < -0.3 is 14.8 Å². The van der Waals surface area contributed by atoms with Gasteiger partial charge in [-0.15, -0.1) is 11.3 Å². The zero-order valence-corrected chi connectivity index (χ0v) is 22.0. The monoisotopic (exact) mass is 512 g/mol. The Hall–Kier alpha value is -3.35. The van der Waals surface area contributed by atoms with E-state index in [1.807, 2.05) is 23.5 Å². The zero-order chi connectivity index (χ0) is 25.2. The van der Waals surface area contributed by atoms with E-state index in [4.69, 9.17) is 9.47 Å². The first-order chi connectivity index (χ1) is 18.1. The number of likely N-dealkylation sites (tertiary alicyclic amines) is 1. The fourth-order valence-corrected chi connectivity index (χ4v) is 6.58. The van der Waals surface area contributed by atoms with Gasteiger partial charge in [0.05, 0.1) is 0 Å². The summed E-state index contributed by atoms with van der Waals surface area (Å²) in [7, 11) is 0. The van der Waals surface area contributed by atoms with Crippen molar-refractivity contribution in [1.29, 1.82) is 0 Å². The average Bonchev–Trinajstić information content (AvgIpc) is 3.66. The summed E-state index contributed by atoms with van der Waals surface area (Å²) in [5, 5.41) is 4.08. The van der Waals surface area contributed by atoms with Crippen molar-refractivity contribution in [1.82, 2.24) is 10.2 Å². The molecule has 2 aliphatic rings. The molecule has 5 nitrogen and oxygen atoms in total. The Balaban J connectivity index is 1.23. The van der Waals surface area contributed by atoms with Crippen molar-refractivity contribution in [2.45, 2.75) is 38.8 Å². The molecular formula is C31H32N2O3S. The summed E-state index contributed by atoms with van der Waals surface area (Å²) in [4.78, 5) is 15.1. The van der Waals surface area contributed by atoms with Crippen LogP contribution in [0.5, 0.6) is 5.75 Å². The van der Waals surface area contributed by atoms with Crippen molar-refractivity contribution in [3.63, 3.8) is 0 Å². The lowest BCUT2D eigenvalue weighted by atomic mass is 9.96. The fourth-order valence-electron chi connectivity index (χ4n) is 5.35. The van der Waals surface area contributed by atoms with Crippen LogP contribution in [0.1, 0.15) is 35.1 Å². The van der Waals surface area contributed by atoms with Gasteiger partial charge in [0.1, 0.15) is 25.0 Å². The summed E-state index contributed by atoms with van der Waals surface area (Å²) in [5.41, 5.74) is 6.76. The summed E-state index contributed by atoms with van der Waals surface area (Å²) in [6.45, 7) is 6.51. The second kappa shape index (κ2) is 10.6. The van der Waals surface area contributed by atoms with E-state index in [1.54, 1.807) is 0 Å². The molecule has 2 fully saturated rings. The molecule has 37 heavy (non-hydrogen) atoms. The molecule has 0 aliphatic carbocycles. The number of ether oxygens (including phenoxy) is 2. The van der Waals surface area contributed by atoms with Gasteiger partial charge in [0.2, 0.25) is 0 Å². The van der Waals surface area contributed by atoms with E-state index in [2.05, 4.69) is 71.7 Å². The minimum atomic E-state index is -0.377. The van der Waals surface area contributed by atoms with E-state index >= 15 is 0 Å². The van der Waals surface area contributed by atoms with Crippen molar-refractivity contribution in [3.8, 4) is 16.2 Å². The van der Waals surface area contributed by atoms with E-state index in [1.165, 1.54) is 68.7 Å². The summed E-state index contributed by atoms with van der Waals surface area (Å²) < 4.78 is 12.1. The van der Waals surface area contributed by atoms with Gasteiger partial charge in [-0.3, -0.25) is 4.90 Å². The first-order valence-corrected chi connectivity index (χ1v) is 13.9. The lowest BCUT2D eigenvalue weighted by molar-refractivity contribution is 0.174. The van der Waals surface area contributed by atoms with Crippen LogP contribution in [0.4, 0.5) is 4.79 Å². The predicted octanol–water partition coefficient (Wildman–Crippen LogP) is 6.55. The summed E-state index contributed by atoms with van der Waals surface area (Å²) in [6.07, 6.45) is 3.18. The number of nitrogens with one attached hydrogen (secondary N) is 1. The van der Waals surface area contributed by atoms with Gasteiger partial charge in [0.25, 0.3) is 0 Å². The van der Waals surface area contributed by atoms with E-state index in [-0.39, 0.29) is 12.1 Å². The number of amides is 1. The molecule has 1 atom stereocenters. The lowest BCUT2D eigenvalue weighted by Crippen LogP contribution is -2.32. The highest BCUT2D eigenvalue weighted by atomic mass is 32.1. The van der Waals surface area contributed by atoms with Crippen LogP contribution in [0.25, 0.3) is 20.5 Å². The standard InChI is InChI=1S/C31H32N2O3S/c1-21-16-22(8-9-24(21)18-33-14-4-5-15-33)17-28-27-6-2-3-7-29(27)37-30(28)23-10-12-26(13-11-23)35-19-25-20-36-31(34)32-25/h2-3,6-13,16,25H,4-5,14-15,17-20H2,1H3,(H,32,34). The maximum absolute atomic E-state index is 11.2. The van der Waals surface area contributed by atoms with Crippen LogP contribution in [0.2, 0.25) is 0 Å². The Labute approximate surface area is 222 Å². The second-order valence-electron chi connectivity index (χ2n) is 10.1. The number of rotatable bonds is 8. The number of carbonyl (C=O) groups is 1. The molecule has 0 radical (unpaired) electrons. The third kappa shape index (κ3) is 5.36. The summed E-state index contributed by atoms with van der Waals surface area (Å²) in [6, 6.07) is 23.9. The number of cyclic esters (lactones) is 1. The molecule has 0 bridgehead atoms. The topological polar surface area (TPSA) is 50.8 Å². The molecule has 1 aromatic heterocycles. The maximum Gasteiger partial charge on any atom is 0.407 e. The number of carbonyl (C=O) groups excluding carboxylic acids is 1. The molecule has 2 saturated heterocycles. The Morgan fingerprint density at radius 3 is 2.62 bits per heavy atom. The first-order valence-electron chi connectivity index (χ1n) is 13.1. The number of benzene rings is 3. The molecule has 0 saturated carbocycles. The number of thiophene rings is 1. The molecule has 0 spiro atoms. The number of fused-ring (bicyclic) bond motifs is 1. The summed E-state index contributed by atoms with van der Waals surface area (Å²) >= 11 is 1.85. The van der Waals surface area contributed by atoms with Crippen LogP contribution in [0, 0.1) is 6.92 Å². The highest BCUT2D eigenvalue weighted by Crippen LogP contribution is 2.40. The van der Waals surface area contributed by atoms with E-state index < -0.39 is 0 Å². The summed E-state index contributed by atoms with van der Waals surface area (Å²) in [5.74, 6) is 0.789. The van der Waals surface area contributed by atoms with Crippen LogP contribution in [0.15, 0.2) is 66.7 Å². The van der Waals surface area contributed by atoms with Crippen LogP contribution >= 0.6 is 11.3 Å². The van der Waals surface area contributed by atoms with Crippen LogP contribution < -0.4 is 10.1 Å². The van der Waals surface area contributed by atoms with Gasteiger partial charge in [-0.25, -0.2) is 4.79 Å². The smallest absolute Gasteiger partial charge is 0.407 e. The van der Waals surface area contributed by atoms with Crippen molar-refractivity contribution >= 4 is 27.5 Å². The minimum Gasteiger partial charge on any atom is -0.491 e. The van der Waals surface area contributed by atoms with Gasteiger partial charge in [-0.1, -0.05) is 36.4 Å². The van der Waals surface area contributed by atoms with Crippen molar-refractivity contribution in [2.24, 2.45) is 0 Å².